The summed E-state index contributed by atoms with van der Waals surface area (Å²) in [5.41, 5.74) is 1.06. The molecule has 0 saturated carbocycles. The molecule has 0 aliphatic heterocycles. The third kappa shape index (κ3) is 3.24. The molecule has 1 N–H and O–H groups in total. The second-order valence-corrected chi connectivity index (χ2v) is 3.30. The Morgan fingerprint density at radius 2 is 2.44 bits per heavy atom. The molecule has 5 nitrogen and oxygen atoms in total. The molecule has 5 heteroatoms. The summed E-state index contributed by atoms with van der Waals surface area (Å²) in [6.45, 7) is 2.82. The topological polar surface area (TPSA) is 69.0 Å². The van der Waals surface area contributed by atoms with Gasteiger partial charge in [0.2, 0.25) is 5.91 Å². The standard InChI is InChI=1S/C11H14N4O/c1-3-15(2)11(16)8-14-9-4-5-13-10(6-9)7-12/h4-6H,3,8H2,1-2H3,(H,13,14). The quantitative estimate of drug-likeness (QED) is 0.813. The number of anilines is 1. The van der Waals surface area contributed by atoms with Crippen molar-refractivity contribution in [3.8, 4) is 6.07 Å². The van der Waals surface area contributed by atoms with E-state index in [9.17, 15) is 4.79 Å². The van der Waals surface area contributed by atoms with Crippen LogP contribution in [0.4, 0.5) is 5.69 Å². The SMILES string of the molecule is CCN(C)C(=O)CNc1ccnc(C#N)c1. The molecule has 0 atom stereocenters. The van der Waals surface area contributed by atoms with Crippen LogP contribution in [0.2, 0.25) is 0 Å². The summed E-state index contributed by atoms with van der Waals surface area (Å²) in [7, 11) is 1.75. The van der Waals surface area contributed by atoms with Crippen LogP contribution >= 0.6 is 0 Å². The highest BCUT2D eigenvalue weighted by atomic mass is 16.2. The van der Waals surface area contributed by atoms with Crippen molar-refractivity contribution in [2.45, 2.75) is 6.92 Å². The summed E-state index contributed by atoms with van der Waals surface area (Å²) >= 11 is 0. The summed E-state index contributed by atoms with van der Waals surface area (Å²) in [5.74, 6) is 0.0119. The molecule has 0 unspecified atom stereocenters. The highest BCUT2D eigenvalue weighted by Crippen LogP contribution is 2.06. The molecule has 0 aromatic carbocycles. The van der Waals surface area contributed by atoms with Gasteiger partial charge < -0.3 is 10.2 Å². The van der Waals surface area contributed by atoms with Crippen LogP contribution in [0.5, 0.6) is 0 Å². The van der Waals surface area contributed by atoms with Crippen LogP contribution in [0.1, 0.15) is 12.6 Å². The smallest absolute Gasteiger partial charge is 0.241 e. The van der Waals surface area contributed by atoms with E-state index in [0.29, 0.717) is 12.2 Å². The van der Waals surface area contributed by atoms with Crippen LogP contribution in [-0.2, 0) is 4.79 Å². The van der Waals surface area contributed by atoms with E-state index in [1.807, 2.05) is 13.0 Å². The van der Waals surface area contributed by atoms with E-state index in [2.05, 4.69) is 10.3 Å². The number of carbonyl (C=O) groups excluding carboxylic acids is 1. The van der Waals surface area contributed by atoms with Crippen LogP contribution < -0.4 is 5.32 Å². The predicted octanol–water partition coefficient (Wildman–Crippen LogP) is 0.843. The van der Waals surface area contributed by atoms with E-state index in [0.717, 1.165) is 5.69 Å². The first-order valence-electron chi connectivity index (χ1n) is 5.01. The van der Waals surface area contributed by atoms with Crippen molar-refractivity contribution >= 4 is 11.6 Å². The van der Waals surface area contributed by atoms with Crippen molar-refractivity contribution in [2.24, 2.45) is 0 Å². The molecular weight excluding hydrogens is 204 g/mol. The lowest BCUT2D eigenvalue weighted by Gasteiger charge is -2.15. The summed E-state index contributed by atoms with van der Waals surface area (Å²) in [6, 6.07) is 5.28. The minimum absolute atomic E-state index is 0.0119. The van der Waals surface area contributed by atoms with E-state index in [-0.39, 0.29) is 12.5 Å². The zero-order valence-corrected chi connectivity index (χ0v) is 9.40. The molecule has 0 aliphatic carbocycles. The first-order valence-corrected chi connectivity index (χ1v) is 5.01. The Morgan fingerprint density at radius 3 is 3.06 bits per heavy atom. The van der Waals surface area contributed by atoms with E-state index < -0.39 is 0 Å². The molecule has 1 aromatic rings. The normalized spacial score (nSPS) is 9.31. The monoisotopic (exact) mass is 218 g/mol. The third-order valence-corrected chi connectivity index (χ3v) is 2.22. The maximum absolute atomic E-state index is 11.5. The molecule has 84 valence electrons. The zero-order chi connectivity index (χ0) is 12.0. The Hall–Kier alpha value is -2.09. The van der Waals surface area contributed by atoms with Crippen LogP contribution in [0.15, 0.2) is 18.3 Å². The molecule has 0 fully saturated rings. The van der Waals surface area contributed by atoms with Crippen LogP contribution in [-0.4, -0.2) is 35.9 Å². The van der Waals surface area contributed by atoms with Crippen molar-refractivity contribution in [1.29, 1.82) is 5.26 Å². The molecule has 1 aromatic heterocycles. The number of pyridine rings is 1. The Bertz CT molecular complexity index is 411. The van der Waals surface area contributed by atoms with Gasteiger partial charge in [-0.3, -0.25) is 4.79 Å². The van der Waals surface area contributed by atoms with E-state index in [1.165, 1.54) is 6.20 Å². The molecule has 1 rings (SSSR count). The highest BCUT2D eigenvalue weighted by Gasteiger charge is 2.05. The van der Waals surface area contributed by atoms with Gasteiger partial charge in [-0.05, 0) is 19.1 Å². The number of hydrogen-bond acceptors (Lipinski definition) is 4. The van der Waals surface area contributed by atoms with Crippen LogP contribution in [0.25, 0.3) is 0 Å². The van der Waals surface area contributed by atoms with E-state index >= 15 is 0 Å². The number of nitriles is 1. The average molecular weight is 218 g/mol. The number of aromatic nitrogens is 1. The summed E-state index contributed by atoms with van der Waals surface area (Å²) in [6.07, 6.45) is 1.54. The Balaban J connectivity index is 2.55. The largest absolute Gasteiger partial charge is 0.376 e. The van der Waals surface area contributed by atoms with Crippen molar-refractivity contribution in [1.82, 2.24) is 9.88 Å². The van der Waals surface area contributed by atoms with Gasteiger partial charge in [0.15, 0.2) is 0 Å². The Morgan fingerprint density at radius 1 is 1.69 bits per heavy atom. The van der Waals surface area contributed by atoms with Gasteiger partial charge in [0.25, 0.3) is 0 Å². The molecule has 16 heavy (non-hydrogen) atoms. The maximum atomic E-state index is 11.5. The first kappa shape index (κ1) is 12.0. The fourth-order valence-electron chi connectivity index (χ4n) is 1.09. The fraction of sp³-hybridized carbons (Fsp3) is 0.364. The predicted molar refractivity (Wildman–Crippen MR) is 60.8 cm³/mol. The lowest BCUT2D eigenvalue weighted by Crippen LogP contribution is -2.31. The Labute approximate surface area is 94.7 Å². The lowest BCUT2D eigenvalue weighted by molar-refractivity contribution is -0.127. The van der Waals surface area contributed by atoms with Gasteiger partial charge in [-0.1, -0.05) is 0 Å². The van der Waals surface area contributed by atoms with Gasteiger partial charge in [-0.2, -0.15) is 5.26 Å². The van der Waals surface area contributed by atoms with Gasteiger partial charge in [0, 0.05) is 25.5 Å². The lowest BCUT2D eigenvalue weighted by atomic mass is 10.3. The van der Waals surface area contributed by atoms with Gasteiger partial charge in [-0.15, -0.1) is 0 Å². The van der Waals surface area contributed by atoms with Crippen molar-refractivity contribution in [3.63, 3.8) is 0 Å². The zero-order valence-electron chi connectivity index (χ0n) is 9.40. The highest BCUT2D eigenvalue weighted by molar-refractivity contribution is 5.80. The molecule has 0 bridgehead atoms. The molecule has 0 spiro atoms. The van der Waals surface area contributed by atoms with Crippen molar-refractivity contribution < 1.29 is 4.79 Å². The minimum atomic E-state index is 0.0119. The maximum Gasteiger partial charge on any atom is 0.241 e. The van der Waals surface area contributed by atoms with Gasteiger partial charge in [0.1, 0.15) is 11.8 Å². The number of nitrogens with zero attached hydrogens (tertiary/aromatic N) is 3. The van der Waals surface area contributed by atoms with Crippen molar-refractivity contribution in [2.75, 3.05) is 25.5 Å². The third-order valence-electron chi connectivity index (χ3n) is 2.22. The number of carbonyl (C=O) groups is 1. The van der Waals surface area contributed by atoms with E-state index in [1.54, 1.807) is 24.1 Å². The summed E-state index contributed by atoms with van der Waals surface area (Å²) in [5, 5.41) is 11.6. The second-order valence-electron chi connectivity index (χ2n) is 3.30. The van der Waals surface area contributed by atoms with Gasteiger partial charge in [0.05, 0.1) is 6.54 Å². The molecule has 0 radical (unpaired) electrons. The molecule has 0 aliphatic rings. The number of amides is 1. The molecule has 1 heterocycles. The number of nitrogens with one attached hydrogen (secondary N) is 1. The number of rotatable bonds is 4. The summed E-state index contributed by atoms with van der Waals surface area (Å²) in [4.78, 5) is 16.9. The number of likely N-dealkylation sites (N-methyl/N-ethyl adjacent to an activating group) is 1. The Kier molecular flexibility index (Phi) is 4.28. The molecular formula is C11H14N4O. The minimum Gasteiger partial charge on any atom is -0.376 e. The summed E-state index contributed by atoms with van der Waals surface area (Å²) < 4.78 is 0. The second kappa shape index (κ2) is 5.71. The molecule has 0 saturated heterocycles. The van der Waals surface area contributed by atoms with Crippen molar-refractivity contribution in [3.05, 3.63) is 24.0 Å². The first-order chi connectivity index (χ1) is 7.67. The fourth-order valence-corrected chi connectivity index (χ4v) is 1.09. The average Bonchev–Trinajstić information content (AvgIpc) is 2.35. The van der Waals surface area contributed by atoms with Gasteiger partial charge >= 0.3 is 0 Å². The van der Waals surface area contributed by atoms with Crippen LogP contribution in [0.3, 0.4) is 0 Å². The van der Waals surface area contributed by atoms with Crippen LogP contribution in [0, 0.1) is 11.3 Å². The molecule has 1 amide bonds. The van der Waals surface area contributed by atoms with Gasteiger partial charge in [-0.25, -0.2) is 4.98 Å². The van der Waals surface area contributed by atoms with E-state index in [4.69, 9.17) is 5.26 Å². The number of hydrogen-bond donors (Lipinski definition) is 1.